The third-order valence-electron chi connectivity index (χ3n) is 5.79. The van der Waals surface area contributed by atoms with Crippen molar-refractivity contribution in [3.05, 3.63) is 83.4 Å². The smallest absolute Gasteiger partial charge is 0.407 e. The van der Waals surface area contributed by atoms with Crippen molar-refractivity contribution in [2.75, 3.05) is 19.0 Å². The fourth-order valence-electron chi connectivity index (χ4n) is 4.06. The molecule has 8 heteroatoms. The Morgan fingerprint density at radius 1 is 0.971 bits per heavy atom. The first-order valence-electron chi connectivity index (χ1n) is 10.7. The molecule has 3 aromatic rings. The van der Waals surface area contributed by atoms with E-state index in [1.807, 2.05) is 48.5 Å². The highest BCUT2D eigenvalue weighted by Gasteiger charge is 2.29. The lowest BCUT2D eigenvalue weighted by molar-refractivity contribution is -0.117. The summed E-state index contributed by atoms with van der Waals surface area (Å²) in [4.78, 5) is 36.5. The van der Waals surface area contributed by atoms with Gasteiger partial charge in [0.25, 0.3) is 0 Å². The van der Waals surface area contributed by atoms with E-state index >= 15 is 0 Å². The van der Waals surface area contributed by atoms with Crippen LogP contribution in [-0.2, 0) is 9.53 Å². The minimum Gasteiger partial charge on any atom is -0.497 e. The van der Waals surface area contributed by atoms with Gasteiger partial charge in [-0.1, -0.05) is 48.5 Å². The van der Waals surface area contributed by atoms with Crippen LogP contribution in [0.15, 0.2) is 66.7 Å². The number of hydrogen-bond donors (Lipinski definition) is 3. The van der Waals surface area contributed by atoms with Crippen LogP contribution in [0.3, 0.4) is 0 Å². The standard InChI is InChI=1S/C26H24N2O6/c1-15(24(29)28-23-13-16(33-2)11-12-21(23)25(30)31)27-26(32)34-14-22-19-9-5-3-7-17(19)18-8-4-6-10-20(18)22/h3-13,15,22H,14H2,1-2H3,(H,27,32)(H,28,29)(H,30,31)/t15-/m0/s1. The maximum absolute atomic E-state index is 12.6. The third-order valence-corrected chi connectivity index (χ3v) is 5.79. The molecule has 34 heavy (non-hydrogen) atoms. The molecular formula is C26H24N2O6. The third kappa shape index (κ3) is 4.56. The molecule has 3 aromatic carbocycles. The molecule has 1 aliphatic carbocycles. The number of benzene rings is 3. The van der Waals surface area contributed by atoms with E-state index in [0.29, 0.717) is 5.75 Å². The lowest BCUT2D eigenvalue weighted by Gasteiger charge is -2.18. The SMILES string of the molecule is COc1ccc(C(=O)O)c(NC(=O)[C@H](C)NC(=O)OCC2c3ccccc3-c3ccccc32)c1. The lowest BCUT2D eigenvalue weighted by atomic mass is 9.98. The second kappa shape index (κ2) is 9.66. The monoisotopic (exact) mass is 460 g/mol. The van der Waals surface area contributed by atoms with Gasteiger partial charge in [0.15, 0.2) is 0 Å². The van der Waals surface area contributed by atoms with Gasteiger partial charge in [0.05, 0.1) is 18.4 Å². The molecule has 4 rings (SSSR count). The summed E-state index contributed by atoms with van der Waals surface area (Å²) in [6.45, 7) is 1.60. The Morgan fingerprint density at radius 3 is 2.18 bits per heavy atom. The number of carboxylic acids is 1. The first kappa shape index (κ1) is 22.8. The van der Waals surface area contributed by atoms with Crippen molar-refractivity contribution in [1.82, 2.24) is 5.32 Å². The Kier molecular flexibility index (Phi) is 6.49. The molecule has 0 unspecified atom stereocenters. The molecule has 0 fully saturated rings. The normalized spacial score (nSPS) is 12.8. The minimum absolute atomic E-state index is 0.0676. The van der Waals surface area contributed by atoms with Crippen molar-refractivity contribution >= 4 is 23.7 Å². The molecule has 0 saturated heterocycles. The second-order valence-corrected chi connectivity index (χ2v) is 7.90. The molecule has 1 atom stereocenters. The van der Waals surface area contributed by atoms with E-state index in [0.717, 1.165) is 22.3 Å². The van der Waals surface area contributed by atoms with Gasteiger partial charge < -0.3 is 25.2 Å². The predicted molar refractivity (Wildman–Crippen MR) is 126 cm³/mol. The average Bonchev–Trinajstić information content (AvgIpc) is 3.16. The fourth-order valence-corrected chi connectivity index (χ4v) is 4.06. The molecule has 0 heterocycles. The van der Waals surface area contributed by atoms with Crippen LogP contribution in [0, 0.1) is 0 Å². The Bertz CT molecular complexity index is 1210. The van der Waals surface area contributed by atoms with Gasteiger partial charge in [0.2, 0.25) is 5.91 Å². The summed E-state index contributed by atoms with van der Waals surface area (Å²) in [7, 11) is 1.43. The van der Waals surface area contributed by atoms with Crippen molar-refractivity contribution in [1.29, 1.82) is 0 Å². The van der Waals surface area contributed by atoms with Crippen molar-refractivity contribution in [2.45, 2.75) is 18.9 Å². The van der Waals surface area contributed by atoms with E-state index in [9.17, 15) is 19.5 Å². The number of carboxylic acid groups (broad SMARTS) is 1. The Labute approximate surface area is 196 Å². The summed E-state index contributed by atoms with van der Waals surface area (Å²) in [5.74, 6) is -1.51. The molecule has 3 N–H and O–H groups in total. The summed E-state index contributed by atoms with van der Waals surface area (Å²) >= 11 is 0. The highest BCUT2D eigenvalue weighted by molar-refractivity contribution is 6.03. The highest BCUT2D eigenvalue weighted by atomic mass is 16.5. The minimum atomic E-state index is -1.20. The number of rotatable bonds is 7. The first-order chi connectivity index (χ1) is 16.4. The van der Waals surface area contributed by atoms with Crippen molar-refractivity contribution in [3.8, 4) is 16.9 Å². The van der Waals surface area contributed by atoms with Crippen LogP contribution < -0.4 is 15.4 Å². The van der Waals surface area contributed by atoms with Gasteiger partial charge in [-0.25, -0.2) is 9.59 Å². The molecule has 8 nitrogen and oxygen atoms in total. The molecule has 1 aliphatic rings. The van der Waals surface area contributed by atoms with E-state index in [1.165, 1.54) is 32.2 Å². The molecule has 174 valence electrons. The van der Waals surface area contributed by atoms with Crippen molar-refractivity contribution < 1.29 is 29.0 Å². The van der Waals surface area contributed by atoms with E-state index in [1.54, 1.807) is 0 Å². The Balaban J connectivity index is 1.39. The van der Waals surface area contributed by atoms with Gasteiger partial charge in [0.1, 0.15) is 18.4 Å². The number of alkyl carbamates (subject to hydrolysis) is 1. The van der Waals surface area contributed by atoms with Crippen LogP contribution in [-0.4, -0.2) is 42.8 Å². The molecule has 0 bridgehead atoms. The van der Waals surface area contributed by atoms with E-state index in [2.05, 4.69) is 10.6 Å². The van der Waals surface area contributed by atoms with Gasteiger partial charge in [-0.05, 0) is 41.3 Å². The number of ether oxygens (including phenoxy) is 2. The number of carbonyl (C=O) groups excluding carboxylic acids is 2. The number of aromatic carboxylic acids is 1. The quantitative estimate of drug-likeness (QED) is 0.486. The number of amides is 2. The van der Waals surface area contributed by atoms with Crippen LogP contribution in [0.1, 0.15) is 34.3 Å². The maximum atomic E-state index is 12.6. The second-order valence-electron chi connectivity index (χ2n) is 7.90. The average molecular weight is 460 g/mol. The molecule has 2 amide bonds. The van der Waals surface area contributed by atoms with Gasteiger partial charge in [0, 0.05) is 12.0 Å². The Morgan fingerprint density at radius 2 is 1.59 bits per heavy atom. The van der Waals surface area contributed by atoms with Crippen LogP contribution in [0.4, 0.5) is 10.5 Å². The van der Waals surface area contributed by atoms with Gasteiger partial charge in [-0.15, -0.1) is 0 Å². The van der Waals surface area contributed by atoms with Crippen molar-refractivity contribution in [2.24, 2.45) is 0 Å². The summed E-state index contributed by atoms with van der Waals surface area (Å²) in [5.41, 5.74) is 4.38. The zero-order valence-electron chi connectivity index (χ0n) is 18.7. The van der Waals surface area contributed by atoms with Gasteiger partial charge >= 0.3 is 12.1 Å². The highest BCUT2D eigenvalue weighted by Crippen LogP contribution is 2.44. The zero-order valence-corrected chi connectivity index (χ0v) is 18.7. The molecule has 0 radical (unpaired) electrons. The van der Waals surface area contributed by atoms with Crippen molar-refractivity contribution in [3.63, 3.8) is 0 Å². The Hall–Kier alpha value is -4.33. The summed E-state index contributed by atoms with van der Waals surface area (Å²) < 4.78 is 10.6. The molecule has 0 spiro atoms. The maximum Gasteiger partial charge on any atom is 0.407 e. The number of carbonyl (C=O) groups is 3. The number of nitrogens with one attached hydrogen (secondary N) is 2. The predicted octanol–water partition coefficient (Wildman–Crippen LogP) is 4.26. The van der Waals surface area contributed by atoms with Crippen LogP contribution in [0.2, 0.25) is 0 Å². The van der Waals surface area contributed by atoms with E-state index < -0.39 is 24.0 Å². The van der Waals surface area contributed by atoms with Crippen LogP contribution >= 0.6 is 0 Å². The summed E-state index contributed by atoms with van der Waals surface area (Å²) in [6.07, 6.45) is -0.742. The van der Waals surface area contributed by atoms with E-state index in [4.69, 9.17) is 9.47 Å². The molecule has 0 aliphatic heterocycles. The number of fused-ring (bicyclic) bond motifs is 3. The lowest BCUT2D eigenvalue weighted by Crippen LogP contribution is -2.42. The number of anilines is 1. The van der Waals surface area contributed by atoms with Gasteiger partial charge in [-0.2, -0.15) is 0 Å². The molecule has 0 aromatic heterocycles. The number of methoxy groups -OCH3 is 1. The van der Waals surface area contributed by atoms with E-state index in [-0.39, 0.29) is 23.8 Å². The fraction of sp³-hybridized carbons (Fsp3) is 0.192. The first-order valence-corrected chi connectivity index (χ1v) is 10.7. The molecular weight excluding hydrogens is 436 g/mol. The topological polar surface area (TPSA) is 114 Å². The van der Waals surface area contributed by atoms with Crippen LogP contribution in [0.25, 0.3) is 11.1 Å². The summed E-state index contributed by atoms with van der Waals surface area (Å²) in [5, 5.41) is 14.4. The summed E-state index contributed by atoms with van der Waals surface area (Å²) in [6, 6.07) is 19.2. The largest absolute Gasteiger partial charge is 0.497 e. The number of hydrogen-bond acceptors (Lipinski definition) is 5. The van der Waals surface area contributed by atoms with Crippen LogP contribution in [0.5, 0.6) is 5.75 Å². The zero-order chi connectivity index (χ0) is 24.2. The molecule has 0 saturated carbocycles. The van der Waals surface area contributed by atoms with Gasteiger partial charge in [-0.3, -0.25) is 4.79 Å².